The fourth-order valence-electron chi connectivity index (χ4n) is 7.54. The number of nitrogens with one attached hydrogen (secondary N) is 7. The zero-order valence-corrected chi connectivity index (χ0v) is 41.8. The molecule has 394 valence electrons. The van der Waals surface area contributed by atoms with Crippen LogP contribution in [0, 0.1) is 5.92 Å². The van der Waals surface area contributed by atoms with Crippen LogP contribution >= 0.6 is 0 Å². The summed E-state index contributed by atoms with van der Waals surface area (Å²) in [6.45, 7) is 4.94. The molecule has 14 N–H and O–H groups in total. The number of aliphatic imine (C=N–C) groups is 1. The number of hydrogen-bond acceptors (Lipinski definition) is 12. The van der Waals surface area contributed by atoms with Crippen LogP contribution in [0.2, 0.25) is 0 Å². The molecule has 0 radical (unpaired) electrons. The number of unbranched alkanes of at least 4 members (excludes halogenated alkanes) is 12. The predicted molar refractivity (Wildman–Crippen MR) is 275 cm³/mol. The Bertz CT molecular complexity index is 2120. The third-order valence-electron chi connectivity index (χ3n) is 11.6. The number of nitrogens with zero attached hydrogens (tertiary/aromatic N) is 1. The van der Waals surface area contributed by atoms with Gasteiger partial charge in [0.1, 0.15) is 35.5 Å². The van der Waals surface area contributed by atoms with Gasteiger partial charge in [0.25, 0.3) is 10.9 Å². The number of carbonyl (C=O) groups is 7. The van der Waals surface area contributed by atoms with E-state index in [0.29, 0.717) is 12.1 Å². The van der Waals surface area contributed by atoms with Crippen molar-refractivity contribution >= 4 is 58.7 Å². The first kappa shape index (κ1) is 60.3. The van der Waals surface area contributed by atoms with E-state index in [9.17, 15) is 43.2 Å². The van der Waals surface area contributed by atoms with Gasteiger partial charge in [-0.25, -0.2) is 0 Å². The molecule has 0 aliphatic heterocycles. The fourth-order valence-corrected chi connectivity index (χ4v) is 7.54. The minimum Gasteiger partial charge on any atom is -0.481 e. The Balaban J connectivity index is 2.01. The summed E-state index contributed by atoms with van der Waals surface area (Å²) >= 11 is 0. The second kappa shape index (κ2) is 34.5. The number of hydrogen-bond donors (Lipinski definition) is 11. The summed E-state index contributed by atoms with van der Waals surface area (Å²) < 4.78 is 0. The lowest BCUT2D eigenvalue weighted by Gasteiger charge is -2.27. The Labute approximate surface area is 416 Å². The van der Waals surface area contributed by atoms with Gasteiger partial charge in [-0.05, 0) is 56.4 Å². The highest BCUT2D eigenvalue weighted by Crippen LogP contribution is 2.16. The first-order valence-corrected chi connectivity index (χ1v) is 25.0. The van der Waals surface area contributed by atoms with E-state index >= 15 is 0 Å². The largest absolute Gasteiger partial charge is 0.481 e. The molecule has 2 aromatic rings. The van der Waals surface area contributed by atoms with Crippen LogP contribution < -0.4 is 65.3 Å². The lowest BCUT2D eigenvalue weighted by Crippen LogP contribution is -2.59. The van der Waals surface area contributed by atoms with Gasteiger partial charge in [0.2, 0.25) is 35.4 Å². The van der Waals surface area contributed by atoms with Crippen LogP contribution in [0.3, 0.4) is 0 Å². The molecule has 2 rings (SSSR count). The second-order valence-electron chi connectivity index (χ2n) is 18.0. The van der Waals surface area contributed by atoms with Crippen molar-refractivity contribution in [1.82, 2.24) is 26.6 Å². The van der Waals surface area contributed by atoms with Crippen molar-refractivity contribution in [2.45, 2.75) is 161 Å². The summed E-state index contributed by atoms with van der Waals surface area (Å²) in [6, 6.07) is 3.49. The molecule has 4 unspecified atom stereocenters. The summed E-state index contributed by atoms with van der Waals surface area (Å²) in [5.74, 6) is -7.20. The van der Waals surface area contributed by atoms with Crippen molar-refractivity contribution in [2.24, 2.45) is 28.1 Å². The molecule has 0 aliphatic rings. The van der Waals surface area contributed by atoms with Crippen molar-refractivity contribution in [1.29, 1.82) is 0 Å². The number of benzene rings is 1. The van der Waals surface area contributed by atoms with Gasteiger partial charge in [-0.3, -0.25) is 48.1 Å². The highest BCUT2D eigenvalue weighted by molar-refractivity contribution is 5.96. The van der Waals surface area contributed by atoms with E-state index in [1.54, 1.807) is 44.2 Å². The molecular formula is C50H79N11O10. The summed E-state index contributed by atoms with van der Waals surface area (Å²) in [7, 11) is 0. The van der Waals surface area contributed by atoms with E-state index in [1.165, 1.54) is 44.9 Å². The molecule has 6 amide bonds. The zero-order valence-electron chi connectivity index (χ0n) is 41.8. The van der Waals surface area contributed by atoms with E-state index in [-0.39, 0.29) is 43.1 Å². The van der Waals surface area contributed by atoms with Crippen molar-refractivity contribution in [2.75, 3.05) is 36.8 Å². The van der Waals surface area contributed by atoms with Gasteiger partial charge < -0.3 is 59.5 Å². The molecule has 0 bridgehead atoms. The molecule has 21 heteroatoms. The lowest BCUT2D eigenvalue weighted by molar-refractivity contribution is -0.140. The number of guanidine groups is 1. The number of anilines is 2. The quantitative estimate of drug-likeness (QED) is 0.0150. The number of nitrogens with two attached hydrogens (primary N) is 3. The van der Waals surface area contributed by atoms with Crippen LogP contribution in [0.25, 0.3) is 0 Å². The van der Waals surface area contributed by atoms with Gasteiger partial charge in [-0.2, -0.15) is 0 Å². The minimum absolute atomic E-state index is 0.00867. The number of carboxylic acids is 1. The number of rotatable bonds is 39. The molecule has 71 heavy (non-hydrogen) atoms. The van der Waals surface area contributed by atoms with Gasteiger partial charge in [-0.1, -0.05) is 121 Å². The summed E-state index contributed by atoms with van der Waals surface area (Å²) in [5, 5.41) is 27.2. The Kier molecular flexibility index (Phi) is 29.3. The SMILES string of the molecule is CCCCCCCCCC=CCCCCCCCNc1c(NCC(=O)NC(Cc2ccccc2)C(=O)NC(C(=O)NC(CCCN=C(N)N)C(=O)NCC(=O)NC(CC(=O)O)C(N)=O)C(C)C)c(=O)c1=O. The predicted octanol–water partition coefficient (Wildman–Crippen LogP) is 2.11. The van der Waals surface area contributed by atoms with Gasteiger partial charge in [0.05, 0.1) is 19.5 Å². The van der Waals surface area contributed by atoms with Crippen LogP contribution in [0.15, 0.2) is 57.1 Å². The maximum absolute atomic E-state index is 14.0. The second-order valence-corrected chi connectivity index (χ2v) is 18.0. The molecule has 0 spiro atoms. The molecule has 0 heterocycles. The Morgan fingerprint density at radius 1 is 0.634 bits per heavy atom. The number of allylic oxidation sites excluding steroid dienone is 2. The first-order valence-electron chi connectivity index (χ1n) is 25.0. The first-order chi connectivity index (χ1) is 33.9. The molecule has 0 aliphatic carbocycles. The van der Waals surface area contributed by atoms with Crippen LogP contribution in [0.5, 0.6) is 0 Å². The van der Waals surface area contributed by atoms with E-state index in [2.05, 4.69) is 61.3 Å². The summed E-state index contributed by atoms with van der Waals surface area (Å²) in [6.07, 6.45) is 20.4. The smallest absolute Gasteiger partial charge is 0.305 e. The fraction of sp³-hybridized carbons (Fsp3) is 0.600. The number of primary amides is 1. The summed E-state index contributed by atoms with van der Waals surface area (Å²) in [5.41, 5.74) is 15.4. The van der Waals surface area contributed by atoms with E-state index in [0.717, 1.165) is 44.9 Å². The third kappa shape index (κ3) is 25.1. The maximum Gasteiger partial charge on any atom is 0.305 e. The van der Waals surface area contributed by atoms with Gasteiger partial charge in [0, 0.05) is 19.5 Å². The Hall–Kier alpha value is -6.80. The molecule has 0 aromatic heterocycles. The van der Waals surface area contributed by atoms with Crippen LogP contribution in [-0.4, -0.2) is 103 Å². The highest BCUT2D eigenvalue weighted by Gasteiger charge is 2.32. The number of amides is 6. The van der Waals surface area contributed by atoms with Gasteiger partial charge in [0.15, 0.2) is 5.96 Å². The third-order valence-corrected chi connectivity index (χ3v) is 11.6. The van der Waals surface area contributed by atoms with Crippen molar-refractivity contribution in [3.05, 3.63) is 68.5 Å². The van der Waals surface area contributed by atoms with Crippen LogP contribution in [0.4, 0.5) is 11.4 Å². The van der Waals surface area contributed by atoms with Crippen LogP contribution in [-0.2, 0) is 40.0 Å². The zero-order chi connectivity index (χ0) is 52.6. The Morgan fingerprint density at radius 2 is 1.20 bits per heavy atom. The van der Waals surface area contributed by atoms with Crippen LogP contribution in [0.1, 0.15) is 135 Å². The lowest BCUT2D eigenvalue weighted by atomic mass is 10.00. The average molecular weight is 994 g/mol. The maximum atomic E-state index is 14.0. The average Bonchev–Trinajstić information content (AvgIpc) is 3.32. The monoisotopic (exact) mass is 994 g/mol. The number of carbonyl (C=O) groups excluding carboxylic acids is 6. The summed E-state index contributed by atoms with van der Waals surface area (Å²) in [4.78, 5) is 119. The molecule has 4 atom stereocenters. The Morgan fingerprint density at radius 3 is 1.77 bits per heavy atom. The standard InChI is InChI=1S/C50H79N11O10/c1-4-5-6-7-8-9-10-11-12-13-14-15-16-17-18-22-27-54-42-43(45(67)44(42)66)56-31-38(62)59-37(29-34-24-20-19-21-25-34)48(70)61-41(33(2)3)49(71)60-35(26-23-28-55-50(52)53)47(69)57-32-39(63)58-36(46(51)68)30-40(64)65/h12-13,19-21,24-25,33,35-37,41,54,56H,4-11,14-18,22-23,26-32H2,1-3H3,(H2,51,68)(H,57,69)(H,58,63)(H,59,62)(H,60,71)(H,61,70)(H,64,65)(H4,52,53,55). The van der Waals surface area contributed by atoms with E-state index in [1.807, 2.05) is 0 Å². The molecule has 2 aromatic carbocycles. The normalized spacial score (nSPS) is 12.8. The molecule has 0 fully saturated rings. The molecule has 0 saturated carbocycles. The highest BCUT2D eigenvalue weighted by atomic mass is 16.4. The van der Waals surface area contributed by atoms with Crippen molar-refractivity contribution in [3.63, 3.8) is 0 Å². The van der Waals surface area contributed by atoms with Crippen molar-refractivity contribution in [3.8, 4) is 0 Å². The minimum atomic E-state index is -1.54. The number of aliphatic carboxylic acids is 1. The molecule has 0 saturated heterocycles. The van der Waals surface area contributed by atoms with Gasteiger partial charge in [-0.15, -0.1) is 0 Å². The number of carboxylic acid groups (broad SMARTS) is 1. The van der Waals surface area contributed by atoms with Crippen molar-refractivity contribution < 1.29 is 38.7 Å². The topological polar surface area (TPSA) is 348 Å². The molecule has 21 nitrogen and oxygen atoms in total. The van der Waals surface area contributed by atoms with E-state index < -0.39 is 102 Å². The molecular weight excluding hydrogens is 915 g/mol. The van der Waals surface area contributed by atoms with Gasteiger partial charge >= 0.3 is 5.97 Å². The van der Waals surface area contributed by atoms with E-state index in [4.69, 9.17) is 22.3 Å².